The highest BCUT2D eigenvalue weighted by Gasteiger charge is 2.58. The molecule has 160 valence electrons. The monoisotopic (exact) mass is 440 g/mol. The van der Waals surface area contributed by atoms with Crippen molar-refractivity contribution in [1.29, 1.82) is 0 Å². The number of nitrogens with zero attached hydrogens (tertiary/aromatic N) is 3. The first-order chi connectivity index (χ1) is 14.8. The summed E-state index contributed by atoms with van der Waals surface area (Å²) in [5.41, 5.74) is 8.15. The second kappa shape index (κ2) is 6.41. The number of fused-ring (bicyclic) bond motifs is 3. The fraction of sp³-hybridized carbons (Fsp3) is 0.409. The number of hydrogen-bond donors (Lipinski definition) is 1. The Labute approximate surface area is 183 Å². The van der Waals surface area contributed by atoms with Gasteiger partial charge >= 0.3 is 5.97 Å². The lowest BCUT2D eigenvalue weighted by atomic mass is 9.91. The quantitative estimate of drug-likeness (QED) is 0.606. The van der Waals surface area contributed by atoms with Crippen LogP contribution in [0.4, 0.5) is 5.82 Å². The number of carbonyl (C=O) groups excluding carboxylic acids is 1. The first-order valence-electron chi connectivity index (χ1n) is 10.3. The van der Waals surface area contributed by atoms with Crippen molar-refractivity contribution in [2.75, 3.05) is 5.73 Å². The third-order valence-corrected chi connectivity index (χ3v) is 6.78. The molecule has 0 radical (unpaired) electrons. The number of benzene rings is 1. The molecule has 31 heavy (non-hydrogen) atoms. The summed E-state index contributed by atoms with van der Waals surface area (Å²) in [5, 5.41) is 1.31. The Balaban J connectivity index is 1.43. The predicted octanol–water partition coefficient (Wildman–Crippen LogP) is 3.66. The highest BCUT2D eigenvalue weighted by atomic mass is 35.5. The molecule has 2 aliphatic heterocycles. The van der Waals surface area contributed by atoms with Gasteiger partial charge in [-0.15, -0.1) is 0 Å². The molecule has 9 heteroatoms. The zero-order chi connectivity index (χ0) is 21.5. The molecule has 5 atom stereocenters. The van der Waals surface area contributed by atoms with Crippen LogP contribution in [0.2, 0.25) is 5.02 Å². The van der Waals surface area contributed by atoms with Crippen LogP contribution in [0.1, 0.15) is 48.3 Å². The third kappa shape index (κ3) is 2.78. The minimum Gasteiger partial charge on any atom is -0.453 e. The van der Waals surface area contributed by atoms with E-state index in [0.29, 0.717) is 22.8 Å². The molecule has 6 rings (SSSR count). The standard InChI is InChI=1S/C22H21ClN4O4/c1-22(2)30-17-14(16-11-4-3-10(23)7-13(11)21(28)29-16)8-15(18(17)31-22)27-6-5-12-19(24)25-9-26-20(12)27/h3-7,9,14-18H,8H2,1-2H3,(H2,24,25,26)/t14-,15-,16-,17-,18+/m1/s1. The molecule has 1 aliphatic carbocycles. The van der Waals surface area contributed by atoms with Crippen molar-refractivity contribution in [3.05, 3.63) is 52.9 Å². The van der Waals surface area contributed by atoms with Gasteiger partial charge in [0.2, 0.25) is 0 Å². The molecule has 0 unspecified atom stereocenters. The van der Waals surface area contributed by atoms with Gasteiger partial charge in [0.1, 0.15) is 30.0 Å². The van der Waals surface area contributed by atoms with E-state index in [2.05, 4.69) is 14.5 Å². The Morgan fingerprint density at radius 1 is 1.19 bits per heavy atom. The van der Waals surface area contributed by atoms with Crippen LogP contribution in [0, 0.1) is 5.92 Å². The average molecular weight is 441 g/mol. The predicted molar refractivity (Wildman–Crippen MR) is 113 cm³/mol. The van der Waals surface area contributed by atoms with Gasteiger partial charge in [-0.25, -0.2) is 14.8 Å². The maximum Gasteiger partial charge on any atom is 0.339 e. The summed E-state index contributed by atoms with van der Waals surface area (Å²) in [6, 6.07) is 7.18. The van der Waals surface area contributed by atoms with Crippen LogP contribution < -0.4 is 5.73 Å². The summed E-state index contributed by atoms with van der Waals surface area (Å²) >= 11 is 6.10. The highest BCUT2D eigenvalue weighted by Crippen LogP contribution is 2.54. The summed E-state index contributed by atoms with van der Waals surface area (Å²) in [6.45, 7) is 3.81. The maximum absolute atomic E-state index is 12.5. The molecule has 3 aromatic rings. The van der Waals surface area contributed by atoms with Crippen molar-refractivity contribution < 1.29 is 19.0 Å². The zero-order valence-corrected chi connectivity index (χ0v) is 17.7. The van der Waals surface area contributed by atoms with Crippen molar-refractivity contribution in [1.82, 2.24) is 14.5 Å². The second-order valence-electron chi connectivity index (χ2n) is 8.81. The molecule has 0 bridgehead atoms. The molecule has 4 heterocycles. The van der Waals surface area contributed by atoms with E-state index in [1.807, 2.05) is 32.2 Å². The van der Waals surface area contributed by atoms with Gasteiger partial charge in [0.05, 0.1) is 23.1 Å². The number of carbonyl (C=O) groups is 1. The van der Waals surface area contributed by atoms with Crippen LogP contribution >= 0.6 is 11.6 Å². The van der Waals surface area contributed by atoms with Crippen LogP contribution in [-0.4, -0.2) is 38.5 Å². The van der Waals surface area contributed by atoms with Gasteiger partial charge in [-0.1, -0.05) is 17.7 Å². The highest BCUT2D eigenvalue weighted by molar-refractivity contribution is 6.31. The molecule has 3 aliphatic rings. The first-order valence-corrected chi connectivity index (χ1v) is 10.6. The molecule has 1 aromatic carbocycles. The van der Waals surface area contributed by atoms with Gasteiger partial charge in [0.15, 0.2) is 5.79 Å². The van der Waals surface area contributed by atoms with Crippen molar-refractivity contribution in [2.24, 2.45) is 5.92 Å². The smallest absolute Gasteiger partial charge is 0.339 e. The van der Waals surface area contributed by atoms with E-state index in [1.54, 1.807) is 12.1 Å². The molecular formula is C22H21ClN4O4. The Hall–Kier alpha value is -2.68. The van der Waals surface area contributed by atoms with Crippen LogP contribution in [-0.2, 0) is 14.2 Å². The molecule has 1 saturated carbocycles. The molecule has 2 fully saturated rings. The van der Waals surface area contributed by atoms with Crippen LogP contribution in [0.3, 0.4) is 0 Å². The summed E-state index contributed by atoms with van der Waals surface area (Å²) in [7, 11) is 0. The number of esters is 1. The lowest BCUT2D eigenvalue weighted by Crippen LogP contribution is -2.29. The molecular weight excluding hydrogens is 420 g/mol. The number of halogens is 1. The number of ether oxygens (including phenoxy) is 3. The van der Waals surface area contributed by atoms with Gasteiger partial charge in [0.25, 0.3) is 0 Å². The van der Waals surface area contributed by atoms with Crippen molar-refractivity contribution in [3.8, 4) is 0 Å². The SMILES string of the molecule is CC1(C)O[C@@H]2[C@@H]([C@@H]3OC(=O)c4cc(Cl)ccc43)C[C@@H](n3ccc4c(N)ncnc43)[C@@H]2O1. The second-order valence-corrected chi connectivity index (χ2v) is 9.24. The van der Waals surface area contributed by atoms with Crippen molar-refractivity contribution in [3.63, 3.8) is 0 Å². The minimum atomic E-state index is -0.741. The number of nitrogen functional groups attached to an aromatic ring is 1. The van der Waals surface area contributed by atoms with E-state index >= 15 is 0 Å². The number of aromatic nitrogens is 3. The Kier molecular flexibility index (Phi) is 3.94. The molecule has 0 spiro atoms. The lowest BCUT2D eigenvalue weighted by molar-refractivity contribution is -0.164. The summed E-state index contributed by atoms with van der Waals surface area (Å²) in [5.74, 6) is -0.740. The van der Waals surface area contributed by atoms with E-state index in [1.165, 1.54) is 6.33 Å². The average Bonchev–Trinajstić information content (AvgIpc) is 3.43. The summed E-state index contributed by atoms with van der Waals surface area (Å²) in [6.07, 6.45) is 3.24. The largest absolute Gasteiger partial charge is 0.453 e. The number of anilines is 1. The fourth-order valence-corrected chi connectivity index (χ4v) is 5.50. The normalized spacial score (nSPS) is 31.1. The van der Waals surface area contributed by atoms with Crippen molar-refractivity contribution >= 4 is 34.4 Å². The van der Waals surface area contributed by atoms with E-state index < -0.39 is 11.9 Å². The van der Waals surface area contributed by atoms with E-state index in [9.17, 15) is 4.79 Å². The van der Waals surface area contributed by atoms with Gasteiger partial charge in [-0.2, -0.15) is 0 Å². The number of nitrogens with two attached hydrogens (primary N) is 1. The molecule has 2 aromatic heterocycles. The third-order valence-electron chi connectivity index (χ3n) is 6.54. The Morgan fingerprint density at radius 3 is 2.84 bits per heavy atom. The van der Waals surface area contributed by atoms with Gasteiger partial charge < -0.3 is 24.5 Å². The van der Waals surface area contributed by atoms with Gasteiger partial charge in [-0.05, 0) is 38.5 Å². The minimum absolute atomic E-state index is 0.0568. The molecule has 1 saturated heterocycles. The summed E-state index contributed by atoms with van der Waals surface area (Å²) < 4.78 is 20.6. The van der Waals surface area contributed by atoms with Crippen LogP contribution in [0.5, 0.6) is 0 Å². The molecule has 2 N–H and O–H groups in total. The zero-order valence-electron chi connectivity index (χ0n) is 17.0. The first kappa shape index (κ1) is 19.0. The van der Waals surface area contributed by atoms with E-state index in [-0.39, 0.29) is 30.1 Å². The van der Waals surface area contributed by atoms with Crippen LogP contribution in [0.25, 0.3) is 11.0 Å². The van der Waals surface area contributed by atoms with E-state index in [0.717, 1.165) is 16.6 Å². The van der Waals surface area contributed by atoms with E-state index in [4.69, 9.17) is 31.5 Å². The Bertz CT molecular complexity index is 1230. The number of cyclic esters (lactones) is 1. The number of rotatable bonds is 2. The topological polar surface area (TPSA) is 101 Å². The number of hydrogen-bond acceptors (Lipinski definition) is 7. The van der Waals surface area contributed by atoms with Gasteiger partial charge in [0, 0.05) is 22.7 Å². The molecule has 0 amide bonds. The molecule has 8 nitrogen and oxygen atoms in total. The maximum atomic E-state index is 12.5. The Morgan fingerprint density at radius 2 is 2.00 bits per heavy atom. The van der Waals surface area contributed by atoms with Crippen molar-refractivity contribution in [2.45, 2.75) is 50.4 Å². The lowest BCUT2D eigenvalue weighted by Gasteiger charge is -2.26. The summed E-state index contributed by atoms with van der Waals surface area (Å²) in [4.78, 5) is 21.1. The van der Waals surface area contributed by atoms with Gasteiger partial charge in [-0.3, -0.25) is 0 Å². The fourth-order valence-electron chi connectivity index (χ4n) is 5.33. The van der Waals surface area contributed by atoms with Crippen LogP contribution in [0.15, 0.2) is 36.8 Å².